The molecule has 1 aliphatic heterocycles. The van der Waals surface area contributed by atoms with E-state index in [4.69, 9.17) is 4.74 Å². The molecule has 1 aromatic rings. The van der Waals surface area contributed by atoms with Gasteiger partial charge in [0.1, 0.15) is 0 Å². The Morgan fingerprint density at radius 3 is 3.20 bits per heavy atom. The number of H-pyrrole nitrogens is 1. The number of rotatable bonds is 7. The van der Waals surface area contributed by atoms with Gasteiger partial charge in [0.15, 0.2) is 5.16 Å². The van der Waals surface area contributed by atoms with Gasteiger partial charge in [-0.2, -0.15) is 0 Å². The molecule has 1 aromatic heterocycles. The summed E-state index contributed by atoms with van der Waals surface area (Å²) >= 11 is 1.27. The highest BCUT2D eigenvalue weighted by atomic mass is 32.2. The Morgan fingerprint density at radius 2 is 2.50 bits per heavy atom. The molecule has 2 heterocycles. The summed E-state index contributed by atoms with van der Waals surface area (Å²) in [4.78, 5) is 23.2. The van der Waals surface area contributed by atoms with Crippen LogP contribution in [-0.2, 0) is 16.1 Å². The Labute approximate surface area is 121 Å². The minimum atomic E-state index is -0.228. The number of aromatic nitrogens is 3. The zero-order valence-corrected chi connectivity index (χ0v) is 12.4. The fourth-order valence-corrected chi connectivity index (χ4v) is 2.85. The largest absolute Gasteiger partial charge is 0.376 e. The number of ether oxygens (including phenoxy) is 1. The number of nitrogens with zero attached hydrogens (tertiary/aromatic N) is 2. The van der Waals surface area contributed by atoms with Crippen LogP contribution in [-0.4, -0.2) is 45.7 Å². The van der Waals surface area contributed by atoms with Gasteiger partial charge in [-0.25, -0.2) is 9.89 Å². The molecule has 0 spiro atoms. The van der Waals surface area contributed by atoms with Gasteiger partial charge in [-0.15, -0.1) is 5.10 Å². The lowest BCUT2D eigenvalue weighted by atomic mass is 10.2. The van der Waals surface area contributed by atoms with Gasteiger partial charge in [0, 0.05) is 19.7 Å². The van der Waals surface area contributed by atoms with Crippen molar-refractivity contribution >= 4 is 17.7 Å². The SMILES string of the molecule is CCCn1c(SCC(=O)NC[C@H]2CCCO2)n[nH]c1=O. The van der Waals surface area contributed by atoms with Gasteiger partial charge in [0.05, 0.1) is 11.9 Å². The van der Waals surface area contributed by atoms with E-state index in [0.29, 0.717) is 18.2 Å². The average molecular weight is 300 g/mol. The summed E-state index contributed by atoms with van der Waals surface area (Å²) in [6, 6.07) is 0. The molecule has 1 aliphatic rings. The van der Waals surface area contributed by atoms with Crippen LogP contribution in [0.15, 0.2) is 9.95 Å². The van der Waals surface area contributed by atoms with Crippen LogP contribution in [0.3, 0.4) is 0 Å². The van der Waals surface area contributed by atoms with Gasteiger partial charge in [-0.1, -0.05) is 18.7 Å². The third-order valence-corrected chi connectivity index (χ3v) is 4.03. The summed E-state index contributed by atoms with van der Waals surface area (Å²) < 4.78 is 6.99. The summed E-state index contributed by atoms with van der Waals surface area (Å²) in [6.07, 6.45) is 3.06. The third-order valence-electron chi connectivity index (χ3n) is 3.05. The smallest absolute Gasteiger partial charge is 0.343 e. The van der Waals surface area contributed by atoms with Gasteiger partial charge in [0.2, 0.25) is 5.91 Å². The monoisotopic (exact) mass is 300 g/mol. The Balaban J connectivity index is 1.76. The molecular formula is C12H20N4O3S. The van der Waals surface area contributed by atoms with E-state index in [1.54, 1.807) is 4.57 Å². The van der Waals surface area contributed by atoms with Crippen molar-refractivity contribution in [3.8, 4) is 0 Å². The van der Waals surface area contributed by atoms with Gasteiger partial charge in [-0.05, 0) is 19.3 Å². The molecule has 1 amide bonds. The standard InChI is InChI=1S/C12H20N4O3S/c1-2-5-16-11(18)14-15-12(16)20-8-10(17)13-7-9-4-3-6-19-9/h9H,2-8H2,1H3,(H,13,17)(H,14,18)/t9-/m1/s1. The van der Waals surface area contributed by atoms with Gasteiger partial charge in [-0.3, -0.25) is 9.36 Å². The van der Waals surface area contributed by atoms with Crippen LogP contribution in [0.25, 0.3) is 0 Å². The summed E-state index contributed by atoms with van der Waals surface area (Å²) in [5, 5.41) is 9.74. The minimum Gasteiger partial charge on any atom is -0.376 e. The maximum Gasteiger partial charge on any atom is 0.343 e. The highest BCUT2D eigenvalue weighted by Crippen LogP contribution is 2.13. The zero-order valence-electron chi connectivity index (χ0n) is 11.6. The highest BCUT2D eigenvalue weighted by Gasteiger charge is 2.16. The van der Waals surface area contributed by atoms with Crippen LogP contribution in [0.1, 0.15) is 26.2 Å². The van der Waals surface area contributed by atoms with Crippen molar-refractivity contribution in [2.24, 2.45) is 0 Å². The molecule has 1 saturated heterocycles. The Bertz CT molecular complexity index is 493. The Kier molecular flexibility index (Phi) is 5.66. The first kappa shape index (κ1) is 15.1. The van der Waals surface area contributed by atoms with Crippen molar-refractivity contribution in [1.29, 1.82) is 0 Å². The molecule has 2 rings (SSSR count). The van der Waals surface area contributed by atoms with E-state index >= 15 is 0 Å². The predicted molar refractivity (Wildman–Crippen MR) is 75.8 cm³/mol. The number of hydrogen-bond donors (Lipinski definition) is 2. The lowest BCUT2D eigenvalue weighted by molar-refractivity contribution is -0.119. The average Bonchev–Trinajstić information content (AvgIpc) is 3.06. The van der Waals surface area contributed by atoms with Crippen LogP contribution >= 0.6 is 11.8 Å². The van der Waals surface area contributed by atoms with E-state index in [2.05, 4.69) is 15.5 Å². The van der Waals surface area contributed by atoms with E-state index < -0.39 is 0 Å². The summed E-state index contributed by atoms with van der Waals surface area (Å²) in [5.74, 6) is 0.185. The maximum atomic E-state index is 11.7. The number of aromatic amines is 1. The zero-order chi connectivity index (χ0) is 14.4. The highest BCUT2D eigenvalue weighted by molar-refractivity contribution is 7.99. The predicted octanol–water partition coefficient (Wildman–Crippen LogP) is 0.369. The van der Waals surface area contributed by atoms with Gasteiger partial charge >= 0.3 is 5.69 Å². The maximum absolute atomic E-state index is 11.7. The second kappa shape index (κ2) is 7.49. The molecule has 1 fully saturated rings. The van der Waals surface area contributed by atoms with E-state index in [1.807, 2.05) is 6.92 Å². The van der Waals surface area contributed by atoms with E-state index in [-0.39, 0.29) is 23.5 Å². The van der Waals surface area contributed by atoms with E-state index in [0.717, 1.165) is 25.9 Å². The van der Waals surface area contributed by atoms with E-state index in [1.165, 1.54) is 11.8 Å². The minimum absolute atomic E-state index is 0.0657. The molecule has 0 bridgehead atoms. The summed E-state index contributed by atoms with van der Waals surface area (Å²) in [5.41, 5.74) is -0.228. The molecule has 2 N–H and O–H groups in total. The van der Waals surface area contributed by atoms with Crippen LogP contribution < -0.4 is 11.0 Å². The van der Waals surface area contributed by atoms with Crippen molar-refractivity contribution in [2.75, 3.05) is 18.9 Å². The number of nitrogens with one attached hydrogen (secondary N) is 2. The molecule has 0 saturated carbocycles. The molecule has 7 nitrogen and oxygen atoms in total. The number of carbonyl (C=O) groups excluding carboxylic acids is 1. The van der Waals surface area contributed by atoms with Crippen molar-refractivity contribution in [3.63, 3.8) is 0 Å². The Morgan fingerprint density at radius 1 is 1.65 bits per heavy atom. The lowest BCUT2D eigenvalue weighted by Crippen LogP contribution is -2.33. The molecule has 1 atom stereocenters. The first-order valence-electron chi connectivity index (χ1n) is 6.87. The molecular weight excluding hydrogens is 280 g/mol. The topological polar surface area (TPSA) is 89.0 Å². The van der Waals surface area contributed by atoms with Crippen molar-refractivity contribution in [2.45, 2.75) is 44.0 Å². The molecule has 0 aliphatic carbocycles. The second-order valence-electron chi connectivity index (χ2n) is 4.69. The fraction of sp³-hybridized carbons (Fsp3) is 0.750. The van der Waals surface area contributed by atoms with Crippen LogP contribution in [0.4, 0.5) is 0 Å². The van der Waals surface area contributed by atoms with Crippen molar-refractivity contribution in [1.82, 2.24) is 20.1 Å². The van der Waals surface area contributed by atoms with Gasteiger partial charge < -0.3 is 10.1 Å². The first-order valence-corrected chi connectivity index (χ1v) is 7.85. The van der Waals surface area contributed by atoms with Crippen molar-refractivity contribution in [3.05, 3.63) is 10.5 Å². The number of thioether (sulfide) groups is 1. The summed E-state index contributed by atoms with van der Waals surface area (Å²) in [6.45, 7) is 3.94. The van der Waals surface area contributed by atoms with Crippen LogP contribution in [0.5, 0.6) is 0 Å². The number of carbonyl (C=O) groups is 1. The number of hydrogen-bond acceptors (Lipinski definition) is 5. The van der Waals surface area contributed by atoms with Crippen molar-refractivity contribution < 1.29 is 9.53 Å². The summed E-state index contributed by atoms with van der Waals surface area (Å²) in [7, 11) is 0. The van der Waals surface area contributed by atoms with Gasteiger partial charge in [0.25, 0.3) is 0 Å². The fourth-order valence-electron chi connectivity index (χ4n) is 2.05. The molecule has 112 valence electrons. The normalized spacial score (nSPS) is 18.4. The molecule has 0 radical (unpaired) electrons. The Hall–Kier alpha value is -1.28. The van der Waals surface area contributed by atoms with Crippen LogP contribution in [0.2, 0.25) is 0 Å². The first-order chi connectivity index (χ1) is 9.70. The van der Waals surface area contributed by atoms with Crippen LogP contribution in [0, 0.1) is 0 Å². The quantitative estimate of drug-likeness (QED) is 0.710. The second-order valence-corrected chi connectivity index (χ2v) is 5.63. The molecule has 0 unspecified atom stereocenters. The molecule has 8 heteroatoms. The number of amides is 1. The molecule has 0 aromatic carbocycles. The lowest BCUT2D eigenvalue weighted by Gasteiger charge is -2.10. The molecule has 20 heavy (non-hydrogen) atoms. The van der Waals surface area contributed by atoms with E-state index in [9.17, 15) is 9.59 Å². The third kappa shape index (κ3) is 4.11.